The molecule has 1 unspecified atom stereocenters. The van der Waals surface area contributed by atoms with Gasteiger partial charge < -0.3 is 4.57 Å². The lowest BCUT2D eigenvalue weighted by atomic mass is 10.2. The summed E-state index contributed by atoms with van der Waals surface area (Å²) in [5.41, 5.74) is 0.486. The minimum Gasteiger partial charge on any atom is -0.306 e. The number of likely N-dealkylation sites (tertiary alicyclic amines) is 1. The van der Waals surface area contributed by atoms with Gasteiger partial charge in [-0.2, -0.15) is 0 Å². The van der Waals surface area contributed by atoms with Gasteiger partial charge in [0.05, 0.1) is 5.25 Å². The monoisotopic (exact) mass is 418 g/mol. The maximum Gasteiger partial charge on any atom is 0.260 e. The summed E-state index contributed by atoms with van der Waals surface area (Å²) in [5, 5.41) is 9.73. The number of carbonyl (C=O) groups is 2. The molecule has 1 saturated heterocycles. The molecule has 0 radical (unpaired) electrons. The van der Waals surface area contributed by atoms with Gasteiger partial charge in [-0.3, -0.25) is 14.5 Å². The zero-order chi connectivity index (χ0) is 19.5. The molecule has 28 heavy (non-hydrogen) atoms. The number of amides is 2. The average Bonchev–Trinajstić information content (AvgIpc) is 2.86. The maximum absolute atomic E-state index is 13.2. The van der Waals surface area contributed by atoms with Crippen LogP contribution in [0.15, 0.2) is 29.4 Å². The van der Waals surface area contributed by atoms with Crippen molar-refractivity contribution in [1.82, 2.24) is 19.7 Å². The Kier molecular flexibility index (Phi) is 6.01. The normalized spacial score (nSPS) is 20.4. The van der Waals surface area contributed by atoms with Gasteiger partial charge in [-0.1, -0.05) is 36.2 Å². The number of thioether (sulfide) groups is 1. The maximum atomic E-state index is 13.2. The summed E-state index contributed by atoms with van der Waals surface area (Å²) in [6.45, 7) is 1.36. The lowest BCUT2D eigenvalue weighted by Crippen LogP contribution is -2.41. The second-order valence-electron chi connectivity index (χ2n) is 7.27. The fraction of sp³-hybridized carbons (Fsp3) is 0.500. The molecule has 3 heterocycles. The molecule has 1 aromatic carbocycles. The number of aromatic nitrogens is 3. The summed E-state index contributed by atoms with van der Waals surface area (Å²) >= 11 is 7.38. The Balaban J connectivity index is 1.53. The summed E-state index contributed by atoms with van der Waals surface area (Å²) in [4.78, 5) is 27.5. The van der Waals surface area contributed by atoms with Gasteiger partial charge in [-0.05, 0) is 49.9 Å². The van der Waals surface area contributed by atoms with Gasteiger partial charge >= 0.3 is 0 Å². The van der Waals surface area contributed by atoms with Crippen LogP contribution in [0, 0.1) is 0 Å². The van der Waals surface area contributed by atoms with Gasteiger partial charge in [-0.25, -0.2) is 0 Å². The number of carbonyl (C=O) groups excluding carboxylic acids is 2. The molecule has 0 N–H and O–H groups in total. The van der Waals surface area contributed by atoms with Crippen LogP contribution in [0.1, 0.15) is 54.7 Å². The quantitative estimate of drug-likeness (QED) is 0.705. The number of hydrogen-bond donors (Lipinski definition) is 0. The molecule has 0 spiro atoms. The van der Waals surface area contributed by atoms with Crippen molar-refractivity contribution in [3.63, 3.8) is 0 Å². The summed E-state index contributed by atoms with van der Waals surface area (Å²) in [6.07, 6.45) is 6.85. The van der Waals surface area contributed by atoms with Crippen LogP contribution in [-0.4, -0.2) is 43.3 Å². The van der Waals surface area contributed by atoms with Gasteiger partial charge in [0, 0.05) is 30.1 Å². The molecule has 8 heteroatoms. The number of nitrogens with zero attached hydrogens (tertiary/aromatic N) is 4. The van der Waals surface area contributed by atoms with E-state index in [0.717, 1.165) is 56.1 Å². The highest BCUT2D eigenvalue weighted by molar-refractivity contribution is 8.00. The first-order valence-corrected chi connectivity index (χ1v) is 11.1. The van der Waals surface area contributed by atoms with E-state index in [0.29, 0.717) is 17.1 Å². The number of fused-ring (bicyclic) bond motifs is 1. The predicted molar refractivity (Wildman–Crippen MR) is 109 cm³/mol. The van der Waals surface area contributed by atoms with Crippen molar-refractivity contribution in [2.75, 3.05) is 6.54 Å². The van der Waals surface area contributed by atoms with E-state index in [1.54, 1.807) is 24.3 Å². The standard InChI is InChI=1S/C20H23ClN4O2S/c21-15-10-8-14(9-11-15)18(26)25-13-5-3-6-16(19(25)27)28-20-23-22-17-7-2-1-4-12-24(17)20/h8-11,16H,1-7,12-13H2. The van der Waals surface area contributed by atoms with E-state index < -0.39 is 0 Å². The van der Waals surface area contributed by atoms with E-state index >= 15 is 0 Å². The summed E-state index contributed by atoms with van der Waals surface area (Å²) in [7, 11) is 0. The lowest BCUT2D eigenvalue weighted by Gasteiger charge is -2.22. The van der Waals surface area contributed by atoms with E-state index in [4.69, 9.17) is 11.6 Å². The Morgan fingerprint density at radius 3 is 2.64 bits per heavy atom. The molecular weight excluding hydrogens is 396 g/mol. The lowest BCUT2D eigenvalue weighted by molar-refractivity contribution is -0.127. The van der Waals surface area contributed by atoms with Crippen molar-refractivity contribution in [2.24, 2.45) is 0 Å². The molecule has 2 aliphatic heterocycles. The number of benzene rings is 1. The van der Waals surface area contributed by atoms with Crippen molar-refractivity contribution in [2.45, 2.75) is 61.9 Å². The van der Waals surface area contributed by atoms with Gasteiger partial charge in [0.2, 0.25) is 5.91 Å². The summed E-state index contributed by atoms with van der Waals surface area (Å²) in [5.74, 6) is 0.623. The fourth-order valence-corrected chi connectivity index (χ4v) is 5.04. The number of hydrogen-bond acceptors (Lipinski definition) is 5. The van der Waals surface area contributed by atoms with Crippen LogP contribution in [0.2, 0.25) is 5.02 Å². The van der Waals surface area contributed by atoms with Crippen molar-refractivity contribution >= 4 is 35.2 Å². The van der Waals surface area contributed by atoms with Crippen molar-refractivity contribution in [3.05, 3.63) is 40.7 Å². The molecule has 0 bridgehead atoms. The van der Waals surface area contributed by atoms with Crippen LogP contribution in [0.3, 0.4) is 0 Å². The molecule has 2 aromatic rings. The van der Waals surface area contributed by atoms with Gasteiger partial charge in [-0.15, -0.1) is 10.2 Å². The van der Waals surface area contributed by atoms with E-state index in [9.17, 15) is 9.59 Å². The zero-order valence-corrected chi connectivity index (χ0v) is 17.2. The Morgan fingerprint density at radius 2 is 1.82 bits per heavy atom. The molecule has 148 valence electrons. The Bertz CT molecular complexity index is 868. The molecular formula is C20H23ClN4O2S. The molecule has 2 amide bonds. The third-order valence-corrected chi connectivity index (χ3v) is 6.79. The Labute approximate surface area is 173 Å². The molecule has 6 nitrogen and oxygen atoms in total. The molecule has 4 rings (SSSR count). The second-order valence-corrected chi connectivity index (χ2v) is 8.87. The van der Waals surface area contributed by atoms with Gasteiger partial charge in [0.25, 0.3) is 5.91 Å². The van der Waals surface area contributed by atoms with Crippen molar-refractivity contribution in [1.29, 1.82) is 0 Å². The SMILES string of the molecule is O=C(c1ccc(Cl)cc1)N1CCCCC(Sc2nnc3n2CCCCC3)C1=O. The highest BCUT2D eigenvalue weighted by atomic mass is 35.5. The van der Waals surface area contributed by atoms with E-state index in [1.807, 2.05) is 0 Å². The first kappa shape index (κ1) is 19.5. The second kappa shape index (κ2) is 8.66. The first-order chi connectivity index (χ1) is 13.6. The number of imide groups is 1. The smallest absolute Gasteiger partial charge is 0.260 e. The molecule has 1 atom stereocenters. The minimum absolute atomic E-state index is 0.131. The van der Waals surface area contributed by atoms with Crippen molar-refractivity contribution < 1.29 is 9.59 Å². The van der Waals surface area contributed by atoms with Crippen LogP contribution < -0.4 is 0 Å². The Hall–Kier alpha value is -1.86. The largest absolute Gasteiger partial charge is 0.306 e. The third kappa shape index (κ3) is 4.10. The number of rotatable bonds is 3. The minimum atomic E-state index is -0.310. The molecule has 2 aliphatic rings. The molecule has 1 fully saturated rings. The van der Waals surface area contributed by atoms with E-state index in [1.165, 1.54) is 23.1 Å². The zero-order valence-electron chi connectivity index (χ0n) is 15.6. The molecule has 0 aliphatic carbocycles. The Morgan fingerprint density at radius 1 is 1.04 bits per heavy atom. The van der Waals surface area contributed by atoms with Gasteiger partial charge in [0.15, 0.2) is 5.16 Å². The first-order valence-electron chi connectivity index (χ1n) is 9.83. The highest BCUT2D eigenvalue weighted by Gasteiger charge is 2.33. The molecule has 0 saturated carbocycles. The summed E-state index contributed by atoms with van der Waals surface area (Å²) in [6, 6.07) is 6.69. The van der Waals surface area contributed by atoms with Crippen LogP contribution in [0.5, 0.6) is 0 Å². The summed E-state index contributed by atoms with van der Waals surface area (Å²) < 4.78 is 2.15. The average molecular weight is 419 g/mol. The van der Waals surface area contributed by atoms with Gasteiger partial charge in [0.1, 0.15) is 5.82 Å². The van der Waals surface area contributed by atoms with Crippen LogP contribution in [0.25, 0.3) is 0 Å². The van der Waals surface area contributed by atoms with Crippen molar-refractivity contribution in [3.8, 4) is 0 Å². The third-order valence-electron chi connectivity index (χ3n) is 5.30. The van der Waals surface area contributed by atoms with Crippen LogP contribution in [0.4, 0.5) is 0 Å². The number of aryl methyl sites for hydroxylation is 1. The number of halogens is 1. The topological polar surface area (TPSA) is 68.1 Å². The predicted octanol–water partition coefficient (Wildman–Crippen LogP) is 3.97. The van der Waals surface area contributed by atoms with E-state index in [2.05, 4.69) is 14.8 Å². The van der Waals surface area contributed by atoms with Crippen LogP contribution >= 0.6 is 23.4 Å². The highest BCUT2D eigenvalue weighted by Crippen LogP contribution is 2.31. The fourth-order valence-electron chi connectivity index (χ4n) is 3.74. The molecule has 1 aromatic heterocycles. The van der Waals surface area contributed by atoms with E-state index in [-0.39, 0.29) is 17.1 Å². The van der Waals surface area contributed by atoms with Crippen LogP contribution in [-0.2, 0) is 17.8 Å².